The lowest BCUT2D eigenvalue weighted by atomic mass is 10.1. The molecule has 0 saturated heterocycles. The number of aliphatic carboxylic acids is 1. The minimum atomic E-state index is -0.777. The Bertz CT molecular complexity index is 608. The third-order valence-corrected chi connectivity index (χ3v) is 4.04. The molecule has 1 amide bonds. The zero-order chi connectivity index (χ0) is 14.8. The summed E-state index contributed by atoms with van der Waals surface area (Å²) in [5.41, 5.74) is 1.47. The molecular weight excluding hydrogens is 270 g/mol. The number of carbonyl (C=O) groups excluding carboxylic acids is 1. The number of rotatable bonds is 3. The molecule has 1 aliphatic carbocycles. The molecule has 21 heavy (non-hydrogen) atoms. The van der Waals surface area contributed by atoms with Crippen molar-refractivity contribution in [2.24, 2.45) is 5.92 Å². The van der Waals surface area contributed by atoms with Gasteiger partial charge in [-0.2, -0.15) is 0 Å². The number of hydrogen-bond acceptors (Lipinski definition) is 3. The Morgan fingerprint density at radius 3 is 2.81 bits per heavy atom. The van der Waals surface area contributed by atoms with E-state index in [9.17, 15) is 9.59 Å². The lowest BCUT2D eigenvalue weighted by Gasteiger charge is -2.19. The molecule has 1 saturated carbocycles. The number of carboxylic acids is 1. The highest BCUT2D eigenvalue weighted by Crippen LogP contribution is 2.28. The van der Waals surface area contributed by atoms with E-state index in [-0.39, 0.29) is 24.5 Å². The highest BCUT2D eigenvalue weighted by atomic mass is 16.5. The number of ether oxygens (including phenoxy) is 1. The van der Waals surface area contributed by atoms with Crippen LogP contribution in [0.3, 0.4) is 0 Å². The van der Waals surface area contributed by atoms with Gasteiger partial charge >= 0.3 is 5.97 Å². The molecule has 2 atom stereocenters. The summed E-state index contributed by atoms with van der Waals surface area (Å²) in [7, 11) is 0. The molecule has 110 valence electrons. The first-order valence-electron chi connectivity index (χ1n) is 7.09. The van der Waals surface area contributed by atoms with E-state index in [1.807, 2.05) is 30.3 Å². The van der Waals surface area contributed by atoms with Crippen LogP contribution in [0.2, 0.25) is 0 Å². The van der Waals surface area contributed by atoms with Gasteiger partial charge in [-0.05, 0) is 31.4 Å². The molecule has 1 aromatic carbocycles. The minimum absolute atomic E-state index is 0.0586. The maximum Gasteiger partial charge on any atom is 0.306 e. The second kappa shape index (κ2) is 5.60. The Labute approximate surface area is 122 Å². The van der Waals surface area contributed by atoms with Crippen molar-refractivity contribution in [3.63, 3.8) is 0 Å². The van der Waals surface area contributed by atoms with E-state index < -0.39 is 5.97 Å². The highest BCUT2D eigenvalue weighted by Gasteiger charge is 2.31. The normalized spacial score (nSPS) is 23.7. The van der Waals surface area contributed by atoms with Crippen LogP contribution in [0.1, 0.15) is 24.8 Å². The molecule has 1 aliphatic heterocycles. The van der Waals surface area contributed by atoms with E-state index in [1.54, 1.807) is 0 Å². The predicted molar refractivity (Wildman–Crippen MR) is 76.8 cm³/mol. The molecule has 0 radical (unpaired) electrons. The SMILES string of the molecule is O=C(N[C@H]1CC[C@@H](C(=O)O)C1)C1=Cc2ccccc2OC1. The van der Waals surface area contributed by atoms with Gasteiger partial charge in [0.2, 0.25) is 0 Å². The van der Waals surface area contributed by atoms with Gasteiger partial charge < -0.3 is 15.2 Å². The fraction of sp³-hybridized carbons (Fsp3) is 0.375. The van der Waals surface area contributed by atoms with Gasteiger partial charge in [-0.25, -0.2) is 0 Å². The molecule has 5 heteroatoms. The van der Waals surface area contributed by atoms with E-state index in [4.69, 9.17) is 9.84 Å². The van der Waals surface area contributed by atoms with Crippen LogP contribution in [-0.2, 0) is 9.59 Å². The van der Waals surface area contributed by atoms with Crippen LogP contribution >= 0.6 is 0 Å². The summed E-state index contributed by atoms with van der Waals surface area (Å²) in [5, 5.41) is 11.9. The summed E-state index contributed by atoms with van der Waals surface area (Å²) >= 11 is 0. The van der Waals surface area contributed by atoms with Crippen molar-refractivity contribution < 1.29 is 19.4 Å². The Balaban J connectivity index is 1.65. The van der Waals surface area contributed by atoms with Crippen molar-refractivity contribution in [3.8, 4) is 5.75 Å². The molecule has 2 N–H and O–H groups in total. The van der Waals surface area contributed by atoms with Gasteiger partial charge in [-0.3, -0.25) is 9.59 Å². The number of fused-ring (bicyclic) bond motifs is 1. The number of amides is 1. The van der Waals surface area contributed by atoms with Crippen molar-refractivity contribution in [1.82, 2.24) is 5.32 Å². The molecule has 0 spiro atoms. The van der Waals surface area contributed by atoms with E-state index in [2.05, 4.69) is 5.32 Å². The lowest BCUT2D eigenvalue weighted by molar-refractivity contribution is -0.141. The molecule has 2 aliphatic rings. The first-order chi connectivity index (χ1) is 10.1. The summed E-state index contributed by atoms with van der Waals surface area (Å²) in [4.78, 5) is 23.2. The molecule has 1 heterocycles. The van der Waals surface area contributed by atoms with Crippen LogP contribution in [-0.4, -0.2) is 29.6 Å². The number of hydrogen-bond donors (Lipinski definition) is 2. The van der Waals surface area contributed by atoms with Gasteiger partial charge in [0, 0.05) is 11.6 Å². The van der Waals surface area contributed by atoms with E-state index in [0.717, 1.165) is 11.3 Å². The summed E-state index contributed by atoms with van der Waals surface area (Å²) < 4.78 is 5.56. The lowest BCUT2D eigenvalue weighted by Crippen LogP contribution is -2.36. The second-order valence-corrected chi connectivity index (χ2v) is 5.51. The molecule has 1 aromatic rings. The second-order valence-electron chi connectivity index (χ2n) is 5.51. The Morgan fingerprint density at radius 1 is 1.24 bits per heavy atom. The van der Waals surface area contributed by atoms with E-state index in [0.29, 0.717) is 24.8 Å². The van der Waals surface area contributed by atoms with Gasteiger partial charge in [0.1, 0.15) is 12.4 Å². The number of benzene rings is 1. The van der Waals surface area contributed by atoms with Crippen LogP contribution in [0.25, 0.3) is 6.08 Å². The summed E-state index contributed by atoms with van der Waals surface area (Å²) in [5.74, 6) is -0.505. The maximum absolute atomic E-state index is 12.2. The van der Waals surface area contributed by atoms with Crippen molar-refractivity contribution in [1.29, 1.82) is 0 Å². The maximum atomic E-state index is 12.2. The van der Waals surface area contributed by atoms with Crippen molar-refractivity contribution in [2.45, 2.75) is 25.3 Å². The van der Waals surface area contributed by atoms with Gasteiger partial charge in [-0.15, -0.1) is 0 Å². The van der Waals surface area contributed by atoms with Crippen LogP contribution in [0, 0.1) is 5.92 Å². The summed E-state index contributed by atoms with van der Waals surface area (Å²) in [6.07, 6.45) is 3.68. The van der Waals surface area contributed by atoms with Gasteiger partial charge in [0.25, 0.3) is 5.91 Å². The quantitative estimate of drug-likeness (QED) is 0.889. The van der Waals surface area contributed by atoms with Gasteiger partial charge in [0.05, 0.1) is 11.5 Å². The van der Waals surface area contributed by atoms with Crippen molar-refractivity contribution in [3.05, 3.63) is 35.4 Å². The standard InChI is InChI=1S/C16H17NO4/c18-15(17-13-6-5-11(8-13)16(19)20)12-7-10-3-1-2-4-14(10)21-9-12/h1-4,7,11,13H,5-6,8-9H2,(H,17,18)(H,19,20)/t11-,13+/m1/s1. The average Bonchev–Trinajstić information content (AvgIpc) is 2.95. The number of carbonyl (C=O) groups is 2. The zero-order valence-corrected chi connectivity index (χ0v) is 11.5. The first-order valence-corrected chi connectivity index (χ1v) is 7.09. The fourth-order valence-corrected chi connectivity index (χ4v) is 2.86. The van der Waals surface area contributed by atoms with E-state index >= 15 is 0 Å². The first kappa shape index (κ1) is 13.7. The monoisotopic (exact) mass is 287 g/mol. The molecule has 5 nitrogen and oxygen atoms in total. The van der Waals surface area contributed by atoms with Gasteiger partial charge in [0.15, 0.2) is 0 Å². The number of para-hydroxylation sites is 1. The average molecular weight is 287 g/mol. The van der Waals surface area contributed by atoms with Crippen molar-refractivity contribution in [2.75, 3.05) is 6.61 Å². The minimum Gasteiger partial charge on any atom is -0.488 e. The Hall–Kier alpha value is -2.30. The smallest absolute Gasteiger partial charge is 0.306 e. The van der Waals surface area contributed by atoms with Crippen LogP contribution in [0.5, 0.6) is 5.75 Å². The van der Waals surface area contributed by atoms with Crippen LogP contribution < -0.4 is 10.1 Å². The summed E-state index contributed by atoms with van der Waals surface area (Å²) in [6.45, 7) is 0.248. The molecule has 0 bridgehead atoms. The third kappa shape index (κ3) is 2.91. The highest BCUT2D eigenvalue weighted by molar-refractivity contribution is 5.99. The fourth-order valence-electron chi connectivity index (χ4n) is 2.86. The van der Waals surface area contributed by atoms with Crippen molar-refractivity contribution >= 4 is 18.0 Å². The molecule has 1 fully saturated rings. The van der Waals surface area contributed by atoms with Crippen LogP contribution in [0.15, 0.2) is 29.8 Å². The molecular formula is C16H17NO4. The zero-order valence-electron chi connectivity index (χ0n) is 11.5. The molecule has 3 rings (SSSR count). The third-order valence-electron chi connectivity index (χ3n) is 4.04. The predicted octanol–water partition coefficient (Wildman–Crippen LogP) is 1.83. The molecule has 0 aromatic heterocycles. The molecule has 0 unspecified atom stereocenters. The van der Waals surface area contributed by atoms with E-state index in [1.165, 1.54) is 0 Å². The van der Waals surface area contributed by atoms with Crippen LogP contribution in [0.4, 0.5) is 0 Å². The topological polar surface area (TPSA) is 75.6 Å². The van der Waals surface area contributed by atoms with Gasteiger partial charge in [-0.1, -0.05) is 18.2 Å². The Morgan fingerprint density at radius 2 is 2.05 bits per heavy atom. The number of carboxylic acid groups (broad SMARTS) is 1. The summed E-state index contributed by atoms with van der Waals surface area (Å²) in [6, 6.07) is 7.50. The Kier molecular flexibility index (Phi) is 3.64. The largest absolute Gasteiger partial charge is 0.488 e. The number of nitrogens with one attached hydrogen (secondary N) is 1.